The molecule has 1 radical (unpaired) electrons. The van der Waals surface area contributed by atoms with Crippen LogP contribution in [0.1, 0.15) is 19.8 Å². The van der Waals surface area contributed by atoms with Gasteiger partial charge in [0, 0.05) is 12.3 Å². The van der Waals surface area contributed by atoms with Crippen molar-refractivity contribution in [3.8, 4) is 5.75 Å². The Morgan fingerprint density at radius 2 is 2.55 bits per heavy atom. The lowest BCUT2D eigenvalue weighted by atomic mass is 10.3. The minimum absolute atomic E-state index is 0.786. The molecular formula is C9H12NO. The second kappa shape index (κ2) is 4.72. The van der Waals surface area contributed by atoms with E-state index in [2.05, 4.69) is 18.1 Å². The molecule has 0 amide bonds. The van der Waals surface area contributed by atoms with E-state index in [0.29, 0.717) is 0 Å². The molecule has 0 aliphatic heterocycles. The molecule has 1 rings (SSSR count). The van der Waals surface area contributed by atoms with Gasteiger partial charge in [-0.3, -0.25) is 4.98 Å². The molecule has 0 N–H and O–H groups in total. The molecule has 2 nitrogen and oxygen atoms in total. The second-order valence-corrected chi connectivity index (χ2v) is 2.32. The zero-order chi connectivity index (χ0) is 7.94. The number of hydrogen-bond acceptors (Lipinski definition) is 2. The van der Waals surface area contributed by atoms with Gasteiger partial charge in [-0.25, -0.2) is 0 Å². The van der Waals surface area contributed by atoms with E-state index in [4.69, 9.17) is 4.74 Å². The molecule has 59 valence electrons. The molecular weight excluding hydrogens is 138 g/mol. The normalized spacial score (nSPS) is 9.55. The maximum absolute atomic E-state index is 5.38. The van der Waals surface area contributed by atoms with Crippen molar-refractivity contribution in [2.75, 3.05) is 6.61 Å². The molecule has 1 aromatic heterocycles. The number of aromatic nitrogens is 1. The van der Waals surface area contributed by atoms with Crippen LogP contribution in [0.5, 0.6) is 5.75 Å². The van der Waals surface area contributed by atoms with Gasteiger partial charge in [0.2, 0.25) is 0 Å². The van der Waals surface area contributed by atoms with Gasteiger partial charge in [0.25, 0.3) is 0 Å². The van der Waals surface area contributed by atoms with Crippen molar-refractivity contribution < 1.29 is 4.74 Å². The highest BCUT2D eigenvalue weighted by atomic mass is 16.5. The molecule has 0 unspecified atom stereocenters. The summed E-state index contributed by atoms with van der Waals surface area (Å²) in [5.74, 6) is 0.855. The standard InChI is InChI=1S/C9H12NO/c1-2-3-8-11-9-4-6-10-7-5-9/h4-6H,2-3,8H2,1H3. The van der Waals surface area contributed by atoms with Crippen molar-refractivity contribution in [2.24, 2.45) is 0 Å². The molecule has 0 aliphatic carbocycles. The highest BCUT2D eigenvalue weighted by Crippen LogP contribution is 2.06. The summed E-state index contributed by atoms with van der Waals surface area (Å²) in [5, 5.41) is 0. The lowest BCUT2D eigenvalue weighted by molar-refractivity contribution is 0.309. The summed E-state index contributed by atoms with van der Waals surface area (Å²) in [6, 6.07) is 3.59. The average molecular weight is 150 g/mol. The highest BCUT2D eigenvalue weighted by Gasteiger charge is 1.89. The topological polar surface area (TPSA) is 22.1 Å². The van der Waals surface area contributed by atoms with Crippen LogP contribution in [0.25, 0.3) is 0 Å². The molecule has 0 fully saturated rings. The monoisotopic (exact) mass is 150 g/mol. The van der Waals surface area contributed by atoms with Crippen molar-refractivity contribution in [1.29, 1.82) is 0 Å². The maximum Gasteiger partial charge on any atom is 0.123 e. The largest absolute Gasteiger partial charge is 0.493 e. The quantitative estimate of drug-likeness (QED) is 0.613. The molecule has 0 atom stereocenters. The third-order valence-electron chi connectivity index (χ3n) is 1.36. The molecule has 2 heteroatoms. The minimum Gasteiger partial charge on any atom is -0.493 e. The number of rotatable bonds is 4. The lowest BCUT2D eigenvalue weighted by Gasteiger charge is -2.02. The van der Waals surface area contributed by atoms with Gasteiger partial charge in [-0.15, -0.1) is 0 Å². The molecule has 0 aliphatic rings. The Morgan fingerprint density at radius 3 is 3.18 bits per heavy atom. The summed E-state index contributed by atoms with van der Waals surface area (Å²) in [5.41, 5.74) is 0. The summed E-state index contributed by atoms with van der Waals surface area (Å²) in [6.45, 7) is 2.93. The zero-order valence-electron chi connectivity index (χ0n) is 6.71. The number of hydrogen-bond donors (Lipinski definition) is 0. The first-order valence-corrected chi connectivity index (χ1v) is 3.88. The molecule has 1 aromatic rings. The van der Waals surface area contributed by atoms with Crippen LogP contribution in [0, 0.1) is 6.20 Å². The SMILES string of the molecule is CCCCOc1c[c]ncc1. The van der Waals surface area contributed by atoms with Gasteiger partial charge in [0.1, 0.15) is 5.75 Å². The van der Waals surface area contributed by atoms with Crippen LogP contribution in [-0.2, 0) is 0 Å². The van der Waals surface area contributed by atoms with Gasteiger partial charge >= 0.3 is 0 Å². The van der Waals surface area contributed by atoms with Crippen LogP contribution in [-0.4, -0.2) is 11.6 Å². The van der Waals surface area contributed by atoms with Gasteiger partial charge in [-0.2, -0.15) is 0 Å². The fourth-order valence-corrected chi connectivity index (χ4v) is 0.727. The molecule has 0 aromatic carbocycles. The Morgan fingerprint density at radius 1 is 1.64 bits per heavy atom. The summed E-state index contributed by atoms with van der Waals surface area (Å²) in [7, 11) is 0. The van der Waals surface area contributed by atoms with Crippen molar-refractivity contribution in [2.45, 2.75) is 19.8 Å². The molecule has 0 saturated carbocycles. The van der Waals surface area contributed by atoms with Crippen molar-refractivity contribution in [3.05, 3.63) is 24.5 Å². The van der Waals surface area contributed by atoms with E-state index in [1.54, 1.807) is 12.3 Å². The van der Waals surface area contributed by atoms with Crippen molar-refractivity contribution in [3.63, 3.8) is 0 Å². The Hall–Kier alpha value is -1.05. The zero-order valence-corrected chi connectivity index (χ0v) is 6.71. The summed E-state index contributed by atoms with van der Waals surface area (Å²) in [6.07, 6.45) is 6.66. The smallest absolute Gasteiger partial charge is 0.123 e. The maximum atomic E-state index is 5.38. The van der Waals surface area contributed by atoms with E-state index < -0.39 is 0 Å². The first-order chi connectivity index (χ1) is 5.43. The van der Waals surface area contributed by atoms with E-state index in [0.717, 1.165) is 25.2 Å². The van der Waals surface area contributed by atoms with Gasteiger partial charge in [-0.05, 0) is 12.5 Å². The number of unbranched alkanes of at least 4 members (excludes halogenated alkanes) is 1. The van der Waals surface area contributed by atoms with Gasteiger partial charge in [0.05, 0.1) is 12.8 Å². The minimum atomic E-state index is 0.786. The molecule has 0 saturated heterocycles. The van der Waals surface area contributed by atoms with Crippen LogP contribution in [0.2, 0.25) is 0 Å². The van der Waals surface area contributed by atoms with Crippen LogP contribution >= 0.6 is 0 Å². The highest BCUT2D eigenvalue weighted by molar-refractivity contribution is 5.15. The third-order valence-corrected chi connectivity index (χ3v) is 1.36. The predicted molar refractivity (Wildman–Crippen MR) is 43.5 cm³/mol. The van der Waals surface area contributed by atoms with Crippen LogP contribution in [0.3, 0.4) is 0 Å². The van der Waals surface area contributed by atoms with Crippen molar-refractivity contribution >= 4 is 0 Å². The van der Waals surface area contributed by atoms with Crippen LogP contribution < -0.4 is 4.74 Å². The van der Waals surface area contributed by atoms with E-state index in [9.17, 15) is 0 Å². The predicted octanol–water partition coefficient (Wildman–Crippen LogP) is 2.06. The first kappa shape index (κ1) is 8.05. The first-order valence-electron chi connectivity index (χ1n) is 3.88. The molecule has 0 bridgehead atoms. The van der Waals surface area contributed by atoms with Gasteiger partial charge in [0.15, 0.2) is 0 Å². The van der Waals surface area contributed by atoms with E-state index in [-0.39, 0.29) is 0 Å². The van der Waals surface area contributed by atoms with E-state index >= 15 is 0 Å². The van der Waals surface area contributed by atoms with Gasteiger partial charge in [-0.1, -0.05) is 13.3 Å². The number of nitrogens with zero attached hydrogens (tertiary/aromatic N) is 1. The summed E-state index contributed by atoms with van der Waals surface area (Å²) < 4.78 is 5.38. The Kier molecular flexibility index (Phi) is 3.45. The lowest BCUT2D eigenvalue weighted by Crippen LogP contribution is -1.95. The molecule has 11 heavy (non-hydrogen) atoms. The van der Waals surface area contributed by atoms with Gasteiger partial charge < -0.3 is 4.74 Å². The summed E-state index contributed by atoms with van der Waals surface area (Å²) in [4.78, 5) is 3.77. The average Bonchev–Trinajstić information content (AvgIpc) is 2.07. The molecule has 1 heterocycles. The Balaban J connectivity index is 2.28. The van der Waals surface area contributed by atoms with Crippen LogP contribution in [0.4, 0.5) is 0 Å². The summed E-state index contributed by atoms with van der Waals surface area (Å²) >= 11 is 0. The fraction of sp³-hybridized carbons (Fsp3) is 0.444. The molecule has 0 spiro atoms. The second-order valence-electron chi connectivity index (χ2n) is 2.32. The fourth-order valence-electron chi connectivity index (χ4n) is 0.727. The van der Waals surface area contributed by atoms with E-state index in [1.165, 1.54) is 0 Å². The van der Waals surface area contributed by atoms with Crippen LogP contribution in [0.15, 0.2) is 18.3 Å². The number of ether oxygens (including phenoxy) is 1. The van der Waals surface area contributed by atoms with Crippen molar-refractivity contribution in [1.82, 2.24) is 4.98 Å². The Bertz CT molecular complexity index is 186. The number of pyridine rings is 1. The Labute approximate surface area is 67.2 Å². The van der Waals surface area contributed by atoms with E-state index in [1.807, 2.05) is 6.07 Å². The third kappa shape index (κ3) is 3.03.